The number of primary amides is 1. The minimum Gasteiger partial charge on any atom is -0.366 e. The Hall–Kier alpha value is -3.98. The van der Waals surface area contributed by atoms with Gasteiger partial charge in [-0.25, -0.2) is 9.37 Å². The molecule has 4 rings (SSSR count). The predicted octanol–water partition coefficient (Wildman–Crippen LogP) is 5.22. The highest BCUT2D eigenvalue weighted by Gasteiger charge is 2.30. The summed E-state index contributed by atoms with van der Waals surface area (Å²) in [7, 11) is 1.57. The van der Waals surface area contributed by atoms with Crippen LogP contribution in [0.1, 0.15) is 36.2 Å². The van der Waals surface area contributed by atoms with Crippen LogP contribution in [-0.2, 0) is 4.79 Å². The molecule has 8 nitrogen and oxygen atoms in total. The second-order valence-electron chi connectivity index (χ2n) is 9.54. The number of rotatable bonds is 8. The maximum absolute atomic E-state index is 15.1. The number of nitrogens with one attached hydrogen (secondary N) is 3. The average Bonchev–Trinajstić information content (AvgIpc) is 3.29. The van der Waals surface area contributed by atoms with E-state index in [0.717, 1.165) is 17.5 Å². The van der Waals surface area contributed by atoms with Crippen molar-refractivity contribution in [1.29, 1.82) is 0 Å². The highest BCUT2D eigenvalue weighted by atomic mass is 35.5. The summed E-state index contributed by atoms with van der Waals surface area (Å²) in [4.78, 5) is 32.1. The molecular weight excluding hydrogens is 507 g/mol. The van der Waals surface area contributed by atoms with Gasteiger partial charge in [0.2, 0.25) is 11.9 Å². The van der Waals surface area contributed by atoms with Gasteiger partial charge in [0.15, 0.2) is 5.82 Å². The van der Waals surface area contributed by atoms with Crippen LogP contribution in [0.15, 0.2) is 54.2 Å². The van der Waals surface area contributed by atoms with Crippen molar-refractivity contribution >= 4 is 40.9 Å². The molecule has 1 unspecified atom stereocenters. The molecule has 0 spiro atoms. The van der Waals surface area contributed by atoms with Crippen LogP contribution in [-0.4, -0.2) is 34.9 Å². The first-order valence-electron chi connectivity index (χ1n) is 12.3. The SMILES string of the molecule is CNC(=O)c1ccc(-c2cc(F)c(Nc3ncc(Cl)c(NC(C)[C@H]4C=C(C(N)=O)[C@@H](C)C4)n3)cc2C)cc1. The topological polar surface area (TPSA) is 122 Å². The molecule has 5 N–H and O–H groups in total. The number of hydrogen-bond donors (Lipinski definition) is 4. The van der Waals surface area contributed by atoms with Crippen molar-refractivity contribution < 1.29 is 14.0 Å². The predicted molar refractivity (Wildman–Crippen MR) is 148 cm³/mol. The normalized spacial score (nSPS) is 17.5. The smallest absolute Gasteiger partial charge is 0.251 e. The van der Waals surface area contributed by atoms with Gasteiger partial charge in [-0.15, -0.1) is 0 Å². The van der Waals surface area contributed by atoms with Gasteiger partial charge in [0.1, 0.15) is 10.8 Å². The third-order valence-corrected chi connectivity index (χ3v) is 7.11. The van der Waals surface area contributed by atoms with Gasteiger partial charge < -0.3 is 21.7 Å². The Bertz CT molecular complexity index is 1410. The molecule has 1 heterocycles. The first-order valence-corrected chi connectivity index (χ1v) is 12.7. The lowest BCUT2D eigenvalue weighted by molar-refractivity contribution is -0.114. The fourth-order valence-electron chi connectivity index (χ4n) is 4.68. The van der Waals surface area contributed by atoms with Crippen LogP contribution in [0.3, 0.4) is 0 Å². The van der Waals surface area contributed by atoms with Crippen molar-refractivity contribution in [2.24, 2.45) is 17.6 Å². The number of aromatic nitrogens is 2. The number of carbonyl (C=O) groups excluding carboxylic acids is 2. The minimum absolute atomic E-state index is 0.0769. The monoisotopic (exact) mass is 536 g/mol. The largest absolute Gasteiger partial charge is 0.366 e. The summed E-state index contributed by atoms with van der Waals surface area (Å²) in [6.07, 6.45) is 4.14. The number of amides is 2. The van der Waals surface area contributed by atoms with Gasteiger partial charge in [-0.1, -0.05) is 36.7 Å². The Morgan fingerprint density at radius 3 is 2.55 bits per heavy atom. The molecule has 38 heavy (non-hydrogen) atoms. The van der Waals surface area contributed by atoms with Crippen LogP contribution in [0.4, 0.5) is 21.8 Å². The average molecular weight is 537 g/mol. The minimum atomic E-state index is -0.480. The molecule has 0 radical (unpaired) electrons. The van der Waals surface area contributed by atoms with E-state index in [-0.39, 0.29) is 35.4 Å². The Kier molecular flexibility index (Phi) is 7.97. The van der Waals surface area contributed by atoms with Crippen molar-refractivity contribution in [3.8, 4) is 11.1 Å². The zero-order chi connectivity index (χ0) is 27.6. The Morgan fingerprint density at radius 1 is 1.21 bits per heavy atom. The molecule has 1 aromatic heterocycles. The third kappa shape index (κ3) is 5.78. The standard InChI is InChI=1S/C28H30ClFN6O2/c1-14-9-19(11-21(14)25(31)37)16(3)34-26-22(29)13-33-28(36-26)35-24-10-15(2)20(12-23(24)30)17-5-7-18(8-6-17)27(38)32-4/h5-8,10-14,16,19H,9H2,1-4H3,(H2,31,37)(H,32,38)(H2,33,34,35,36)/t14-,16?,19+/m0/s1. The first-order chi connectivity index (χ1) is 18.1. The van der Waals surface area contributed by atoms with E-state index < -0.39 is 11.7 Å². The van der Waals surface area contributed by atoms with E-state index in [1.807, 2.05) is 26.8 Å². The van der Waals surface area contributed by atoms with E-state index in [4.69, 9.17) is 17.3 Å². The van der Waals surface area contributed by atoms with Crippen molar-refractivity contribution in [3.05, 3.63) is 76.2 Å². The quantitative estimate of drug-likeness (QED) is 0.313. The van der Waals surface area contributed by atoms with E-state index in [1.54, 1.807) is 37.4 Å². The zero-order valence-corrected chi connectivity index (χ0v) is 22.4. The number of aryl methyl sites for hydroxylation is 1. The van der Waals surface area contributed by atoms with Crippen LogP contribution < -0.4 is 21.7 Å². The highest BCUT2D eigenvalue weighted by molar-refractivity contribution is 6.32. The van der Waals surface area contributed by atoms with Gasteiger partial charge in [-0.3, -0.25) is 9.59 Å². The van der Waals surface area contributed by atoms with Crippen LogP contribution in [0.25, 0.3) is 11.1 Å². The van der Waals surface area contributed by atoms with E-state index in [2.05, 4.69) is 25.9 Å². The molecule has 3 atom stereocenters. The van der Waals surface area contributed by atoms with Gasteiger partial charge in [0, 0.05) is 24.2 Å². The van der Waals surface area contributed by atoms with Gasteiger partial charge in [0.25, 0.3) is 5.91 Å². The molecule has 0 aliphatic heterocycles. The third-order valence-electron chi connectivity index (χ3n) is 6.83. The van der Waals surface area contributed by atoms with Crippen LogP contribution in [0.5, 0.6) is 0 Å². The molecule has 2 amide bonds. The summed E-state index contributed by atoms with van der Waals surface area (Å²) in [5.41, 5.74) is 9.19. The fraction of sp³-hybridized carbons (Fsp3) is 0.286. The van der Waals surface area contributed by atoms with Crippen molar-refractivity contribution in [3.63, 3.8) is 0 Å². The summed E-state index contributed by atoms with van der Waals surface area (Å²) in [5.74, 6) is -0.325. The zero-order valence-electron chi connectivity index (χ0n) is 21.6. The molecule has 0 fully saturated rings. The number of carbonyl (C=O) groups is 2. The fourth-order valence-corrected chi connectivity index (χ4v) is 4.82. The number of nitrogens with two attached hydrogens (primary N) is 1. The maximum Gasteiger partial charge on any atom is 0.251 e. The number of nitrogens with zero attached hydrogens (tertiary/aromatic N) is 2. The molecule has 0 saturated heterocycles. The van der Waals surface area contributed by atoms with Gasteiger partial charge in [-0.2, -0.15) is 4.98 Å². The number of hydrogen-bond acceptors (Lipinski definition) is 6. The molecule has 2 aromatic carbocycles. The van der Waals surface area contributed by atoms with E-state index in [1.165, 1.54) is 12.3 Å². The van der Waals surface area contributed by atoms with Crippen molar-refractivity contribution in [2.75, 3.05) is 17.7 Å². The maximum atomic E-state index is 15.1. The highest BCUT2D eigenvalue weighted by Crippen LogP contribution is 2.34. The van der Waals surface area contributed by atoms with Crippen molar-refractivity contribution in [1.82, 2.24) is 15.3 Å². The molecule has 3 aromatic rings. The molecule has 10 heteroatoms. The molecule has 198 valence electrons. The first kappa shape index (κ1) is 27.1. The summed E-state index contributed by atoms with van der Waals surface area (Å²) in [6.45, 7) is 5.83. The molecule has 0 bridgehead atoms. The summed E-state index contributed by atoms with van der Waals surface area (Å²) in [6, 6.07) is 10.0. The van der Waals surface area contributed by atoms with Crippen LogP contribution in [0, 0.1) is 24.6 Å². The lowest BCUT2D eigenvalue weighted by Gasteiger charge is -2.21. The summed E-state index contributed by atoms with van der Waals surface area (Å²) < 4.78 is 15.1. The molecule has 1 aliphatic carbocycles. The molecular formula is C28H30ClFN6O2. The van der Waals surface area contributed by atoms with Gasteiger partial charge >= 0.3 is 0 Å². The summed E-state index contributed by atoms with van der Waals surface area (Å²) in [5, 5.41) is 9.13. The van der Waals surface area contributed by atoms with Gasteiger partial charge in [0.05, 0.1) is 11.9 Å². The lowest BCUT2D eigenvalue weighted by Crippen LogP contribution is -2.24. The van der Waals surface area contributed by atoms with E-state index >= 15 is 4.39 Å². The Labute approximate surface area is 225 Å². The van der Waals surface area contributed by atoms with Crippen LogP contribution in [0.2, 0.25) is 5.02 Å². The second kappa shape index (κ2) is 11.2. The number of benzene rings is 2. The van der Waals surface area contributed by atoms with E-state index in [9.17, 15) is 9.59 Å². The van der Waals surface area contributed by atoms with E-state index in [0.29, 0.717) is 27.5 Å². The Morgan fingerprint density at radius 2 is 1.92 bits per heavy atom. The molecule has 0 saturated carbocycles. The summed E-state index contributed by atoms with van der Waals surface area (Å²) >= 11 is 6.34. The number of anilines is 3. The Balaban J connectivity index is 1.52. The number of halogens is 2. The molecule has 1 aliphatic rings. The lowest BCUT2D eigenvalue weighted by atomic mass is 9.97. The van der Waals surface area contributed by atoms with Gasteiger partial charge in [-0.05, 0) is 73.1 Å². The van der Waals surface area contributed by atoms with Crippen molar-refractivity contribution in [2.45, 2.75) is 33.2 Å². The van der Waals surface area contributed by atoms with Crippen LogP contribution >= 0.6 is 11.6 Å². The second-order valence-corrected chi connectivity index (χ2v) is 9.95.